The number of amides is 2. The minimum Gasteiger partial charge on any atom is -0.337 e. The lowest BCUT2D eigenvalue weighted by Crippen LogP contribution is -2.49. The second-order valence-corrected chi connectivity index (χ2v) is 7.08. The summed E-state index contributed by atoms with van der Waals surface area (Å²) in [6.07, 6.45) is 11.3. The van der Waals surface area contributed by atoms with Crippen LogP contribution >= 0.6 is 0 Å². The van der Waals surface area contributed by atoms with Crippen LogP contribution in [0, 0.1) is 0 Å². The van der Waals surface area contributed by atoms with Gasteiger partial charge in [-0.3, -0.25) is 24.8 Å². The molecule has 32 heavy (non-hydrogen) atoms. The van der Waals surface area contributed by atoms with E-state index in [2.05, 4.69) is 19.9 Å². The smallest absolute Gasteiger partial charge is 0.277 e. The largest absolute Gasteiger partial charge is 0.337 e. The molecule has 0 spiro atoms. The summed E-state index contributed by atoms with van der Waals surface area (Å²) in [6.45, 7) is 2.08. The lowest BCUT2D eigenvalue weighted by atomic mass is 10.0. The molecule has 1 fully saturated rings. The summed E-state index contributed by atoms with van der Waals surface area (Å²) < 4.78 is 0. The maximum atomic E-state index is 13.4. The van der Waals surface area contributed by atoms with Crippen LogP contribution in [0.4, 0.5) is 5.95 Å². The molecule has 0 unspecified atom stereocenters. The van der Waals surface area contributed by atoms with Gasteiger partial charge in [-0.1, -0.05) is 12.1 Å². The first-order valence-electron chi connectivity index (χ1n) is 9.98. The number of carbonyl (C=O) groups excluding carboxylic acids is 2. The molecule has 1 aliphatic heterocycles. The van der Waals surface area contributed by atoms with E-state index in [9.17, 15) is 9.59 Å². The van der Waals surface area contributed by atoms with E-state index in [0.29, 0.717) is 37.7 Å². The summed E-state index contributed by atoms with van der Waals surface area (Å²) in [5.41, 5.74) is 3.83. The van der Waals surface area contributed by atoms with Crippen LogP contribution in [0.15, 0.2) is 61.4 Å². The van der Waals surface area contributed by atoms with Crippen molar-refractivity contribution in [3.05, 3.63) is 78.1 Å². The lowest BCUT2D eigenvalue weighted by molar-refractivity contribution is -0.125. The Hall–Kier alpha value is -4.18. The van der Waals surface area contributed by atoms with Crippen molar-refractivity contribution in [1.29, 1.82) is 0 Å². The fraction of sp³-hybridized carbons (Fsp3) is 0.182. The van der Waals surface area contributed by atoms with Crippen LogP contribution < -0.4 is 10.4 Å². The molecule has 3 aromatic rings. The van der Waals surface area contributed by atoms with E-state index in [-0.39, 0.29) is 11.5 Å². The summed E-state index contributed by atoms with van der Waals surface area (Å²) in [4.78, 5) is 45.2. The van der Waals surface area contributed by atoms with Gasteiger partial charge in [0.1, 0.15) is 0 Å². The maximum absolute atomic E-state index is 13.4. The Balaban J connectivity index is 1.48. The number of piperazine rings is 1. The molecule has 1 saturated heterocycles. The highest BCUT2D eigenvalue weighted by atomic mass is 16.5. The Morgan fingerprint density at radius 2 is 1.59 bits per heavy atom. The van der Waals surface area contributed by atoms with E-state index in [1.807, 2.05) is 29.2 Å². The average Bonchev–Trinajstić information content (AvgIpc) is 2.88. The van der Waals surface area contributed by atoms with Gasteiger partial charge in [-0.2, -0.15) is 0 Å². The van der Waals surface area contributed by atoms with Gasteiger partial charge in [0.2, 0.25) is 5.95 Å². The standard InChI is InChI=1S/C22H21N7O3/c30-20(27-32)18-14-25-22(26-15-18)29-9-7-28(8-10-29)21(31)19(17-4-2-6-24-13-17)11-16-3-1-5-23-12-16/h1-6,11-15,32H,7-10H2,(H,27,30). The Kier molecular flexibility index (Phi) is 6.42. The van der Waals surface area contributed by atoms with Crippen LogP contribution in [0.1, 0.15) is 21.5 Å². The van der Waals surface area contributed by atoms with E-state index in [4.69, 9.17) is 5.21 Å². The van der Waals surface area contributed by atoms with Crippen LogP contribution in [0.3, 0.4) is 0 Å². The zero-order valence-corrected chi connectivity index (χ0v) is 17.1. The number of nitrogens with one attached hydrogen (secondary N) is 1. The molecular formula is C22H21N7O3. The van der Waals surface area contributed by atoms with Crippen LogP contribution in [0.5, 0.6) is 0 Å². The molecule has 4 heterocycles. The fourth-order valence-electron chi connectivity index (χ4n) is 3.36. The highest BCUT2D eigenvalue weighted by Crippen LogP contribution is 2.21. The molecule has 10 nitrogen and oxygen atoms in total. The van der Waals surface area contributed by atoms with Crippen molar-refractivity contribution in [1.82, 2.24) is 30.3 Å². The number of hydrogen-bond donors (Lipinski definition) is 2. The van der Waals surface area contributed by atoms with Gasteiger partial charge in [0, 0.05) is 74.5 Å². The van der Waals surface area contributed by atoms with Gasteiger partial charge in [0.05, 0.1) is 5.56 Å². The number of hydrogen-bond acceptors (Lipinski definition) is 8. The van der Waals surface area contributed by atoms with Crippen molar-refractivity contribution in [2.24, 2.45) is 0 Å². The molecule has 2 amide bonds. The number of hydroxylamine groups is 1. The van der Waals surface area contributed by atoms with Crippen LogP contribution in [-0.4, -0.2) is 68.0 Å². The van der Waals surface area contributed by atoms with E-state index in [1.165, 1.54) is 12.4 Å². The van der Waals surface area contributed by atoms with Gasteiger partial charge >= 0.3 is 0 Å². The average molecular weight is 431 g/mol. The van der Waals surface area contributed by atoms with Gasteiger partial charge < -0.3 is 9.80 Å². The van der Waals surface area contributed by atoms with Gasteiger partial charge in [0.25, 0.3) is 11.8 Å². The summed E-state index contributed by atoms with van der Waals surface area (Å²) in [6, 6.07) is 7.38. The quantitative estimate of drug-likeness (QED) is 0.352. The van der Waals surface area contributed by atoms with E-state index in [1.54, 1.807) is 41.2 Å². The number of nitrogens with zero attached hydrogens (tertiary/aromatic N) is 6. The van der Waals surface area contributed by atoms with Crippen molar-refractivity contribution in [2.75, 3.05) is 31.1 Å². The summed E-state index contributed by atoms with van der Waals surface area (Å²) in [5.74, 6) is -0.294. The van der Waals surface area contributed by atoms with Crippen LogP contribution in [0.2, 0.25) is 0 Å². The summed E-state index contributed by atoms with van der Waals surface area (Å²) in [7, 11) is 0. The lowest BCUT2D eigenvalue weighted by Gasteiger charge is -2.35. The minimum absolute atomic E-state index is 0.0858. The third kappa shape index (κ3) is 4.76. The predicted molar refractivity (Wildman–Crippen MR) is 116 cm³/mol. The number of carbonyl (C=O) groups is 2. The number of rotatable bonds is 5. The van der Waals surface area contributed by atoms with Crippen LogP contribution in [-0.2, 0) is 4.79 Å². The molecule has 0 aliphatic carbocycles. The topological polar surface area (TPSA) is 124 Å². The molecular weight excluding hydrogens is 410 g/mol. The van der Waals surface area contributed by atoms with Crippen molar-refractivity contribution < 1.29 is 14.8 Å². The molecule has 0 aromatic carbocycles. The monoisotopic (exact) mass is 431 g/mol. The molecule has 3 aromatic heterocycles. The molecule has 4 rings (SSSR count). The molecule has 0 saturated carbocycles. The Morgan fingerprint density at radius 3 is 2.19 bits per heavy atom. The van der Waals surface area contributed by atoms with Gasteiger partial charge in [-0.25, -0.2) is 15.4 Å². The van der Waals surface area contributed by atoms with E-state index in [0.717, 1.165) is 11.1 Å². The first kappa shape index (κ1) is 21.1. The predicted octanol–water partition coefficient (Wildman–Crippen LogP) is 1.27. The Labute approximate surface area is 184 Å². The SMILES string of the molecule is O=C(NO)c1cnc(N2CCN(C(=O)C(=Cc3cccnc3)c3cccnc3)CC2)nc1. The Morgan fingerprint density at radius 1 is 0.906 bits per heavy atom. The zero-order valence-electron chi connectivity index (χ0n) is 17.1. The highest BCUT2D eigenvalue weighted by molar-refractivity contribution is 6.24. The molecule has 1 aliphatic rings. The molecule has 0 atom stereocenters. The fourth-order valence-corrected chi connectivity index (χ4v) is 3.36. The first-order valence-corrected chi connectivity index (χ1v) is 9.98. The molecule has 0 bridgehead atoms. The zero-order chi connectivity index (χ0) is 22.3. The van der Waals surface area contributed by atoms with Gasteiger partial charge in [-0.05, 0) is 23.8 Å². The molecule has 10 heteroatoms. The first-order chi connectivity index (χ1) is 15.7. The molecule has 162 valence electrons. The van der Waals surface area contributed by atoms with Crippen molar-refractivity contribution in [3.63, 3.8) is 0 Å². The number of aromatic nitrogens is 4. The van der Waals surface area contributed by atoms with Crippen molar-refractivity contribution >= 4 is 29.4 Å². The normalized spacial score (nSPS) is 14.2. The summed E-state index contributed by atoms with van der Waals surface area (Å²) >= 11 is 0. The Bertz CT molecular complexity index is 1100. The second kappa shape index (κ2) is 9.75. The number of anilines is 1. The van der Waals surface area contributed by atoms with E-state index < -0.39 is 5.91 Å². The van der Waals surface area contributed by atoms with E-state index >= 15 is 0 Å². The third-order valence-corrected chi connectivity index (χ3v) is 5.05. The summed E-state index contributed by atoms with van der Waals surface area (Å²) in [5, 5.41) is 8.69. The molecule has 2 N–H and O–H groups in total. The van der Waals surface area contributed by atoms with Crippen molar-refractivity contribution in [3.8, 4) is 0 Å². The van der Waals surface area contributed by atoms with Crippen molar-refractivity contribution in [2.45, 2.75) is 0 Å². The van der Waals surface area contributed by atoms with Crippen LogP contribution in [0.25, 0.3) is 11.6 Å². The van der Waals surface area contributed by atoms with Gasteiger partial charge in [-0.15, -0.1) is 0 Å². The van der Waals surface area contributed by atoms with Gasteiger partial charge in [0.15, 0.2) is 0 Å². The number of pyridine rings is 2. The maximum Gasteiger partial charge on any atom is 0.277 e. The highest BCUT2D eigenvalue weighted by Gasteiger charge is 2.25. The third-order valence-electron chi connectivity index (χ3n) is 5.05. The second-order valence-electron chi connectivity index (χ2n) is 7.08. The minimum atomic E-state index is -0.671. The molecule has 0 radical (unpaired) electrons.